The van der Waals surface area contributed by atoms with Gasteiger partial charge < -0.3 is 10.6 Å². The highest BCUT2D eigenvalue weighted by atomic mass is 79.9. The van der Waals surface area contributed by atoms with Crippen molar-refractivity contribution in [3.8, 4) is 0 Å². The van der Waals surface area contributed by atoms with E-state index >= 15 is 0 Å². The van der Waals surface area contributed by atoms with Crippen molar-refractivity contribution in [1.82, 2.24) is 5.32 Å². The summed E-state index contributed by atoms with van der Waals surface area (Å²) in [7, 11) is 0. The zero-order valence-corrected chi connectivity index (χ0v) is 13.8. The molecule has 0 aliphatic rings. The van der Waals surface area contributed by atoms with Gasteiger partial charge in [0, 0.05) is 16.2 Å². The summed E-state index contributed by atoms with van der Waals surface area (Å²) in [6, 6.07) is 16.0. The first-order valence-corrected chi connectivity index (χ1v) is 7.70. The van der Waals surface area contributed by atoms with Crippen LogP contribution in [0.25, 0.3) is 0 Å². The maximum atomic E-state index is 12.0. The Morgan fingerprint density at radius 3 is 2.57 bits per heavy atom. The summed E-state index contributed by atoms with van der Waals surface area (Å²) < 4.78 is 1.01. The Kier molecular flexibility index (Phi) is 5.53. The van der Waals surface area contributed by atoms with Crippen molar-refractivity contribution in [2.75, 3.05) is 11.9 Å². The van der Waals surface area contributed by atoms with Crippen molar-refractivity contribution in [2.24, 2.45) is 0 Å². The van der Waals surface area contributed by atoms with Crippen LogP contribution in [0.15, 0.2) is 53.0 Å². The van der Waals surface area contributed by atoms with Gasteiger partial charge in [0.2, 0.25) is 5.91 Å². The quantitative estimate of drug-likeness (QED) is 0.857. The zero-order valence-electron chi connectivity index (χ0n) is 12.2. The molecule has 1 atom stereocenters. The second kappa shape index (κ2) is 7.38. The molecule has 0 bridgehead atoms. The highest BCUT2D eigenvalue weighted by Gasteiger charge is 2.08. The van der Waals surface area contributed by atoms with E-state index in [9.17, 15) is 4.79 Å². The fraction of sp³-hybridized carbons (Fsp3) is 0.235. The van der Waals surface area contributed by atoms with Gasteiger partial charge in [0.25, 0.3) is 0 Å². The zero-order chi connectivity index (χ0) is 15.2. The first-order chi connectivity index (χ1) is 10.1. The normalized spacial score (nSPS) is 12.0. The van der Waals surface area contributed by atoms with Gasteiger partial charge in [-0.05, 0) is 43.2 Å². The van der Waals surface area contributed by atoms with Gasteiger partial charge in [-0.2, -0.15) is 0 Å². The number of nitrogens with one attached hydrogen (secondary N) is 2. The Morgan fingerprint density at radius 2 is 1.90 bits per heavy atom. The molecule has 21 heavy (non-hydrogen) atoms. The van der Waals surface area contributed by atoms with Crippen molar-refractivity contribution >= 4 is 27.5 Å². The largest absolute Gasteiger partial charge is 0.325 e. The Labute approximate surface area is 133 Å². The van der Waals surface area contributed by atoms with Crippen LogP contribution in [0.2, 0.25) is 0 Å². The molecular formula is C17H19BrN2O. The maximum absolute atomic E-state index is 12.0. The predicted molar refractivity (Wildman–Crippen MR) is 90.4 cm³/mol. The topological polar surface area (TPSA) is 41.1 Å². The van der Waals surface area contributed by atoms with Gasteiger partial charge in [-0.3, -0.25) is 4.79 Å². The van der Waals surface area contributed by atoms with Gasteiger partial charge in [-0.25, -0.2) is 0 Å². The fourth-order valence-corrected chi connectivity index (χ4v) is 2.54. The van der Waals surface area contributed by atoms with E-state index < -0.39 is 0 Å². The van der Waals surface area contributed by atoms with Crippen molar-refractivity contribution in [3.05, 3.63) is 64.1 Å². The second-order valence-corrected chi connectivity index (χ2v) is 5.94. The van der Waals surface area contributed by atoms with Crippen LogP contribution in [0.1, 0.15) is 24.1 Å². The molecule has 2 aromatic carbocycles. The molecular weight excluding hydrogens is 328 g/mol. The summed E-state index contributed by atoms with van der Waals surface area (Å²) in [5.74, 6) is -0.0387. The van der Waals surface area contributed by atoms with Crippen molar-refractivity contribution < 1.29 is 4.79 Å². The average molecular weight is 347 g/mol. The third-order valence-corrected chi connectivity index (χ3v) is 3.82. The minimum Gasteiger partial charge on any atom is -0.325 e. The van der Waals surface area contributed by atoms with Crippen LogP contribution < -0.4 is 10.6 Å². The number of aryl methyl sites for hydroxylation is 1. The van der Waals surface area contributed by atoms with E-state index in [0.717, 1.165) is 15.7 Å². The molecule has 0 heterocycles. The predicted octanol–water partition coefficient (Wildman–Crippen LogP) is 4.05. The first kappa shape index (κ1) is 15.7. The van der Waals surface area contributed by atoms with Gasteiger partial charge >= 0.3 is 0 Å². The van der Waals surface area contributed by atoms with Gasteiger partial charge in [0.05, 0.1) is 6.54 Å². The number of rotatable bonds is 5. The molecule has 0 radical (unpaired) electrons. The lowest BCUT2D eigenvalue weighted by Gasteiger charge is -2.14. The molecule has 1 amide bonds. The minimum atomic E-state index is -0.0387. The van der Waals surface area contributed by atoms with Crippen molar-refractivity contribution in [2.45, 2.75) is 19.9 Å². The molecule has 0 saturated heterocycles. The maximum Gasteiger partial charge on any atom is 0.238 e. The van der Waals surface area contributed by atoms with Crippen molar-refractivity contribution in [1.29, 1.82) is 0 Å². The van der Waals surface area contributed by atoms with Crippen LogP contribution in [0, 0.1) is 6.92 Å². The van der Waals surface area contributed by atoms with Crippen LogP contribution >= 0.6 is 15.9 Å². The number of hydrogen-bond donors (Lipinski definition) is 2. The summed E-state index contributed by atoms with van der Waals surface area (Å²) in [6.45, 7) is 4.31. The number of carbonyl (C=O) groups excluding carboxylic acids is 1. The number of halogens is 1. The molecule has 0 fully saturated rings. The Balaban J connectivity index is 1.87. The van der Waals surface area contributed by atoms with Crippen LogP contribution in [0.5, 0.6) is 0 Å². The number of hydrogen-bond acceptors (Lipinski definition) is 2. The first-order valence-electron chi connectivity index (χ1n) is 6.90. The van der Waals surface area contributed by atoms with Gasteiger partial charge in [0.1, 0.15) is 0 Å². The van der Waals surface area contributed by atoms with Crippen LogP contribution in [-0.4, -0.2) is 12.5 Å². The van der Waals surface area contributed by atoms with E-state index in [1.807, 2.05) is 50.2 Å². The van der Waals surface area contributed by atoms with Crippen LogP contribution in [0.4, 0.5) is 5.69 Å². The molecule has 2 aromatic rings. The van der Waals surface area contributed by atoms with Crippen molar-refractivity contribution in [3.63, 3.8) is 0 Å². The smallest absolute Gasteiger partial charge is 0.238 e. The van der Waals surface area contributed by atoms with Crippen LogP contribution in [-0.2, 0) is 4.79 Å². The molecule has 2 rings (SSSR count). The molecule has 3 nitrogen and oxygen atoms in total. The lowest BCUT2D eigenvalue weighted by atomic mass is 10.1. The Morgan fingerprint density at radius 1 is 1.19 bits per heavy atom. The average Bonchev–Trinajstić information content (AvgIpc) is 2.48. The molecule has 1 unspecified atom stereocenters. The molecule has 0 saturated carbocycles. The SMILES string of the molecule is Cc1cc(Br)ccc1NC(=O)CNC(C)c1ccccc1. The number of carbonyl (C=O) groups is 1. The molecule has 0 aliphatic heterocycles. The minimum absolute atomic E-state index is 0.0387. The standard InChI is InChI=1S/C17H19BrN2O/c1-12-10-15(18)8-9-16(12)20-17(21)11-19-13(2)14-6-4-3-5-7-14/h3-10,13,19H,11H2,1-2H3,(H,20,21). The number of benzene rings is 2. The summed E-state index contributed by atoms with van der Waals surface area (Å²) in [5.41, 5.74) is 3.05. The van der Waals surface area contributed by atoms with E-state index in [1.54, 1.807) is 0 Å². The van der Waals surface area contributed by atoms with E-state index in [1.165, 1.54) is 5.56 Å². The third-order valence-electron chi connectivity index (χ3n) is 3.33. The second-order valence-electron chi connectivity index (χ2n) is 5.02. The van der Waals surface area contributed by atoms with Gasteiger partial charge in [0.15, 0.2) is 0 Å². The molecule has 2 N–H and O–H groups in total. The lowest BCUT2D eigenvalue weighted by molar-refractivity contribution is -0.115. The summed E-state index contributed by atoms with van der Waals surface area (Å²) in [4.78, 5) is 12.0. The highest BCUT2D eigenvalue weighted by molar-refractivity contribution is 9.10. The molecule has 0 spiro atoms. The monoisotopic (exact) mass is 346 g/mol. The molecule has 110 valence electrons. The van der Waals surface area contributed by atoms with E-state index in [0.29, 0.717) is 0 Å². The number of amides is 1. The number of anilines is 1. The summed E-state index contributed by atoms with van der Waals surface area (Å²) >= 11 is 3.41. The van der Waals surface area contributed by atoms with Gasteiger partial charge in [-0.15, -0.1) is 0 Å². The molecule has 0 aromatic heterocycles. The third kappa shape index (κ3) is 4.69. The highest BCUT2D eigenvalue weighted by Crippen LogP contribution is 2.19. The van der Waals surface area contributed by atoms with Gasteiger partial charge in [-0.1, -0.05) is 46.3 Å². The fourth-order valence-electron chi connectivity index (χ4n) is 2.07. The molecule has 4 heteroatoms. The lowest BCUT2D eigenvalue weighted by Crippen LogP contribution is -2.30. The summed E-state index contributed by atoms with van der Waals surface area (Å²) in [5, 5.41) is 6.15. The Bertz CT molecular complexity index is 613. The Hall–Kier alpha value is -1.65. The van der Waals surface area contributed by atoms with E-state index in [4.69, 9.17) is 0 Å². The van der Waals surface area contributed by atoms with E-state index in [-0.39, 0.29) is 18.5 Å². The summed E-state index contributed by atoms with van der Waals surface area (Å²) in [6.07, 6.45) is 0. The van der Waals surface area contributed by atoms with E-state index in [2.05, 4.69) is 38.7 Å². The molecule has 0 aliphatic carbocycles. The van der Waals surface area contributed by atoms with Crippen LogP contribution in [0.3, 0.4) is 0 Å².